The Hall–Kier alpha value is -1.17. The van der Waals surface area contributed by atoms with E-state index in [2.05, 4.69) is 10.6 Å². The third kappa shape index (κ3) is 2.80. The van der Waals surface area contributed by atoms with Crippen molar-refractivity contribution < 1.29 is 9.59 Å². The molecule has 0 aromatic heterocycles. The van der Waals surface area contributed by atoms with E-state index in [1.807, 2.05) is 0 Å². The van der Waals surface area contributed by atoms with Gasteiger partial charge in [-0.2, -0.15) is 0 Å². The number of hydrogen-bond acceptors (Lipinski definition) is 3. The molecule has 0 aliphatic heterocycles. The van der Waals surface area contributed by atoms with Crippen LogP contribution in [0.4, 0.5) is 0 Å². The maximum atomic E-state index is 12.2. The molecule has 0 spiro atoms. The number of amides is 2. The summed E-state index contributed by atoms with van der Waals surface area (Å²) in [5.41, 5.74) is 4.97. The fourth-order valence-corrected chi connectivity index (χ4v) is 2.70. The maximum Gasteiger partial charge on any atom is 0.239 e. The maximum absolute atomic E-state index is 12.2. The molecule has 0 aromatic rings. The second-order valence-electron chi connectivity index (χ2n) is 5.18. The quantitative estimate of drug-likeness (QED) is 0.624. The summed E-state index contributed by atoms with van der Waals surface area (Å²) in [6, 6.07) is 0.311. The van der Waals surface area contributed by atoms with Gasteiger partial charge in [-0.1, -0.05) is 25.1 Å². The first-order chi connectivity index (χ1) is 8.54. The molecule has 2 amide bonds. The van der Waals surface area contributed by atoms with Crippen LogP contribution in [-0.4, -0.2) is 29.4 Å². The largest absolute Gasteiger partial charge is 0.392 e. The van der Waals surface area contributed by atoms with Crippen molar-refractivity contribution in [2.75, 3.05) is 6.54 Å². The number of carbonyl (C=O) groups is 2. The number of thiocarbonyl (C=S) groups is 1. The molecular weight excluding hydrogens is 250 g/mol. The van der Waals surface area contributed by atoms with Crippen LogP contribution in [0.25, 0.3) is 0 Å². The molecule has 0 bridgehead atoms. The molecule has 0 atom stereocenters. The molecular formula is C12H19N3O2S. The van der Waals surface area contributed by atoms with E-state index in [1.54, 1.807) is 0 Å². The lowest BCUT2D eigenvalue weighted by Crippen LogP contribution is -2.49. The van der Waals surface area contributed by atoms with E-state index in [-0.39, 0.29) is 23.3 Å². The summed E-state index contributed by atoms with van der Waals surface area (Å²) >= 11 is 5.02. The minimum absolute atomic E-state index is 0.0136. The van der Waals surface area contributed by atoms with Crippen LogP contribution in [0.1, 0.15) is 38.5 Å². The Morgan fingerprint density at radius 3 is 2.39 bits per heavy atom. The molecule has 2 fully saturated rings. The van der Waals surface area contributed by atoms with E-state index in [0.29, 0.717) is 18.9 Å². The summed E-state index contributed by atoms with van der Waals surface area (Å²) < 4.78 is 0. The fourth-order valence-electron chi connectivity index (χ4n) is 2.40. The third-order valence-corrected chi connectivity index (χ3v) is 4.11. The van der Waals surface area contributed by atoms with Gasteiger partial charge in [-0.05, 0) is 25.7 Å². The molecule has 2 rings (SSSR count). The average Bonchev–Trinajstić information content (AvgIpc) is 2.98. The minimum Gasteiger partial charge on any atom is -0.392 e. The van der Waals surface area contributed by atoms with Crippen LogP contribution >= 0.6 is 12.2 Å². The third-order valence-electron chi connectivity index (χ3n) is 3.72. The Labute approximate surface area is 112 Å². The smallest absolute Gasteiger partial charge is 0.239 e. The lowest BCUT2D eigenvalue weighted by atomic mass is 9.85. The molecule has 0 unspecified atom stereocenters. The molecule has 2 saturated carbocycles. The summed E-state index contributed by atoms with van der Waals surface area (Å²) in [7, 11) is 0. The van der Waals surface area contributed by atoms with Gasteiger partial charge in [0.2, 0.25) is 11.8 Å². The van der Waals surface area contributed by atoms with Crippen molar-refractivity contribution >= 4 is 29.0 Å². The SMILES string of the molecule is NC(=S)C1(C(=O)NCC(=O)NC2CC2)CCCC1. The highest BCUT2D eigenvalue weighted by Gasteiger charge is 2.43. The molecule has 6 heteroatoms. The normalized spacial score (nSPS) is 21.3. The molecule has 5 nitrogen and oxygen atoms in total. The zero-order valence-electron chi connectivity index (χ0n) is 10.3. The first kappa shape index (κ1) is 13.3. The highest BCUT2D eigenvalue weighted by atomic mass is 32.1. The van der Waals surface area contributed by atoms with Gasteiger partial charge in [0, 0.05) is 6.04 Å². The van der Waals surface area contributed by atoms with Crippen LogP contribution < -0.4 is 16.4 Å². The lowest BCUT2D eigenvalue weighted by molar-refractivity contribution is -0.130. The molecule has 18 heavy (non-hydrogen) atoms. The van der Waals surface area contributed by atoms with Crippen molar-refractivity contribution in [1.82, 2.24) is 10.6 Å². The van der Waals surface area contributed by atoms with Crippen LogP contribution in [-0.2, 0) is 9.59 Å². The van der Waals surface area contributed by atoms with Crippen LogP contribution in [0.2, 0.25) is 0 Å². The Bertz CT molecular complexity index is 374. The van der Waals surface area contributed by atoms with Gasteiger partial charge in [0.15, 0.2) is 0 Å². The number of nitrogens with one attached hydrogen (secondary N) is 2. The topological polar surface area (TPSA) is 84.2 Å². The van der Waals surface area contributed by atoms with Crippen LogP contribution in [0.5, 0.6) is 0 Å². The second kappa shape index (κ2) is 5.22. The molecule has 2 aliphatic rings. The van der Waals surface area contributed by atoms with Crippen molar-refractivity contribution in [1.29, 1.82) is 0 Å². The zero-order chi connectivity index (χ0) is 13.2. The predicted octanol–water partition coefficient (Wildman–Crippen LogP) is 0.228. The minimum atomic E-state index is -0.727. The summed E-state index contributed by atoms with van der Waals surface area (Å²) in [5, 5.41) is 5.48. The van der Waals surface area contributed by atoms with Gasteiger partial charge in [-0.3, -0.25) is 9.59 Å². The number of nitrogens with two attached hydrogens (primary N) is 1. The molecule has 0 saturated heterocycles. The van der Waals surface area contributed by atoms with Crippen molar-refractivity contribution in [3.05, 3.63) is 0 Å². The fraction of sp³-hybridized carbons (Fsp3) is 0.750. The molecule has 0 radical (unpaired) electrons. The first-order valence-electron chi connectivity index (χ1n) is 6.42. The summed E-state index contributed by atoms with van der Waals surface area (Å²) in [6.07, 6.45) is 5.38. The van der Waals surface area contributed by atoms with E-state index >= 15 is 0 Å². The van der Waals surface area contributed by atoms with E-state index in [9.17, 15) is 9.59 Å². The van der Waals surface area contributed by atoms with Gasteiger partial charge in [0.25, 0.3) is 0 Å². The Balaban J connectivity index is 1.85. The Morgan fingerprint density at radius 2 is 1.89 bits per heavy atom. The number of carbonyl (C=O) groups excluding carboxylic acids is 2. The van der Waals surface area contributed by atoms with Gasteiger partial charge >= 0.3 is 0 Å². The molecule has 100 valence electrons. The number of rotatable bonds is 5. The second-order valence-corrected chi connectivity index (χ2v) is 5.62. The van der Waals surface area contributed by atoms with E-state index in [4.69, 9.17) is 18.0 Å². The van der Waals surface area contributed by atoms with Gasteiger partial charge in [0.05, 0.1) is 16.9 Å². The average molecular weight is 269 g/mol. The molecule has 0 aromatic carbocycles. The summed E-state index contributed by atoms with van der Waals surface area (Å²) in [5.74, 6) is -0.333. The van der Waals surface area contributed by atoms with Gasteiger partial charge < -0.3 is 16.4 Å². The predicted molar refractivity (Wildman–Crippen MR) is 71.9 cm³/mol. The van der Waals surface area contributed by atoms with Crippen LogP contribution in [0, 0.1) is 5.41 Å². The molecule has 2 aliphatic carbocycles. The Kier molecular flexibility index (Phi) is 3.85. The van der Waals surface area contributed by atoms with E-state index < -0.39 is 5.41 Å². The van der Waals surface area contributed by atoms with Crippen molar-refractivity contribution in [3.8, 4) is 0 Å². The van der Waals surface area contributed by atoms with Gasteiger partial charge in [0.1, 0.15) is 0 Å². The molecule has 0 heterocycles. The van der Waals surface area contributed by atoms with Crippen LogP contribution in [0.3, 0.4) is 0 Å². The van der Waals surface area contributed by atoms with Crippen molar-refractivity contribution in [3.63, 3.8) is 0 Å². The molecule has 4 N–H and O–H groups in total. The summed E-state index contributed by atoms with van der Waals surface area (Å²) in [6.45, 7) is 0.0136. The monoisotopic (exact) mass is 269 g/mol. The van der Waals surface area contributed by atoms with Crippen LogP contribution in [0.15, 0.2) is 0 Å². The van der Waals surface area contributed by atoms with Gasteiger partial charge in [-0.15, -0.1) is 0 Å². The lowest BCUT2D eigenvalue weighted by Gasteiger charge is -2.26. The first-order valence-corrected chi connectivity index (χ1v) is 6.83. The van der Waals surface area contributed by atoms with Crippen molar-refractivity contribution in [2.24, 2.45) is 11.1 Å². The zero-order valence-corrected chi connectivity index (χ0v) is 11.1. The number of hydrogen-bond donors (Lipinski definition) is 3. The van der Waals surface area contributed by atoms with E-state index in [0.717, 1.165) is 25.7 Å². The van der Waals surface area contributed by atoms with Crippen molar-refractivity contribution in [2.45, 2.75) is 44.6 Å². The Morgan fingerprint density at radius 1 is 1.28 bits per heavy atom. The summed E-state index contributed by atoms with van der Waals surface area (Å²) in [4.78, 5) is 23.9. The van der Waals surface area contributed by atoms with Gasteiger partial charge in [-0.25, -0.2) is 0 Å². The highest BCUT2D eigenvalue weighted by Crippen LogP contribution is 2.38. The van der Waals surface area contributed by atoms with E-state index in [1.165, 1.54) is 0 Å². The standard InChI is InChI=1S/C12H19N3O2S/c13-10(18)12(5-1-2-6-12)11(17)14-7-9(16)15-8-3-4-8/h8H,1-7H2,(H2,13,18)(H,14,17)(H,15,16). The highest BCUT2D eigenvalue weighted by molar-refractivity contribution is 7.80.